The first-order valence-corrected chi connectivity index (χ1v) is 6.94. The number of aldehydes is 1. The van der Waals surface area contributed by atoms with Crippen LogP contribution in [0, 0.1) is 11.8 Å². The van der Waals surface area contributed by atoms with Crippen LogP contribution in [0.3, 0.4) is 0 Å². The molecule has 106 valence electrons. The van der Waals surface area contributed by atoms with Gasteiger partial charge in [-0.2, -0.15) is 0 Å². The fourth-order valence-electron chi connectivity index (χ4n) is 1.51. The number of methoxy groups -OCH3 is 2. The zero-order valence-corrected chi connectivity index (χ0v) is 12.5. The third-order valence-corrected chi connectivity index (χ3v) is 3.25. The molecule has 1 rings (SSSR count). The number of ether oxygens (including phenoxy) is 2. The summed E-state index contributed by atoms with van der Waals surface area (Å²) in [6.07, 6.45) is 1.31. The standard InChI is InChI=1S/C15H16O4S/c1-11(17)20-7-5-4-6-12-8-15(19-3)13(10-16)9-14(12)18-2/h8-10H,5,7H2,1-3H3. The van der Waals surface area contributed by atoms with Crippen molar-refractivity contribution in [3.63, 3.8) is 0 Å². The molecule has 0 radical (unpaired) electrons. The summed E-state index contributed by atoms with van der Waals surface area (Å²) in [6, 6.07) is 3.27. The van der Waals surface area contributed by atoms with E-state index >= 15 is 0 Å². The molecule has 0 bridgehead atoms. The number of hydrogen-bond acceptors (Lipinski definition) is 5. The maximum absolute atomic E-state index is 10.9. The van der Waals surface area contributed by atoms with Crippen LogP contribution >= 0.6 is 11.8 Å². The zero-order valence-electron chi connectivity index (χ0n) is 11.7. The molecule has 20 heavy (non-hydrogen) atoms. The van der Waals surface area contributed by atoms with E-state index < -0.39 is 0 Å². The summed E-state index contributed by atoms with van der Waals surface area (Å²) in [4.78, 5) is 21.7. The van der Waals surface area contributed by atoms with Gasteiger partial charge < -0.3 is 9.47 Å². The number of carbonyl (C=O) groups excluding carboxylic acids is 2. The Balaban J connectivity index is 2.91. The molecule has 1 aromatic rings. The van der Waals surface area contributed by atoms with E-state index in [1.807, 2.05) is 0 Å². The average molecular weight is 292 g/mol. The predicted molar refractivity (Wildman–Crippen MR) is 79.6 cm³/mol. The van der Waals surface area contributed by atoms with Crippen molar-refractivity contribution in [1.29, 1.82) is 0 Å². The van der Waals surface area contributed by atoms with Crippen LogP contribution < -0.4 is 9.47 Å². The normalized spacial score (nSPS) is 9.35. The molecule has 5 heteroatoms. The van der Waals surface area contributed by atoms with Gasteiger partial charge in [0, 0.05) is 25.2 Å². The lowest BCUT2D eigenvalue weighted by atomic mass is 10.1. The van der Waals surface area contributed by atoms with E-state index in [4.69, 9.17) is 9.47 Å². The van der Waals surface area contributed by atoms with Crippen molar-refractivity contribution in [3.8, 4) is 23.3 Å². The molecule has 0 unspecified atom stereocenters. The van der Waals surface area contributed by atoms with Crippen molar-refractivity contribution < 1.29 is 19.1 Å². The molecule has 0 fully saturated rings. The van der Waals surface area contributed by atoms with E-state index in [1.165, 1.54) is 32.9 Å². The van der Waals surface area contributed by atoms with Gasteiger partial charge in [0.25, 0.3) is 0 Å². The summed E-state index contributed by atoms with van der Waals surface area (Å²) in [5.74, 6) is 7.59. The summed E-state index contributed by atoms with van der Waals surface area (Å²) in [5, 5.41) is 0.0846. The van der Waals surface area contributed by atoms with Gasteiger partial charge in [-0.15, -0.1) is 0 Å². The second-order valence-electron chi connectivity index (χ2n) is 3.80. The molecule has 0 aromatic heterocycles. The molecule has 0 amide bonds. The Kier molecular flexibility index (Phi) is 6.68. The fraction of sp³-hybridized carbons (Fsp3) is 0.333. The lowest BCUT2D eigenvalue weighted by Crippen LogP contribution is -1.95. The Bertz CT molecular complexity index is 555. The minimum atomic E-state index is 0.0846. The summed E-state index contributed by atoms with van der Waals surface area (Å²) in [5.41, 5.74) is 1.07. The first-order chi connectivity index (χ1) is 9.62. The summed E-state index contributed by atoms with van der Waals surface area (Å²) in [7, 11) is 3.02. The Hall–Kier alpha value is -1.93. The smallest absolute Gasteiger partial charge is 0.185 e. The SMILES string of the molecule is COc1cc(C=O)c(OC)cc1C#CCCSC(C)=O. The molecule has 4 nitrogen and oxygen atoms in total. The van der Waals surface area contributed by atoms with Gasteiger partial charge in [0.05, 0.1) is 25.3 Å². The van der Waals surface area contributed by atoms with Crippen LogP contribution in [0.2, 0.25) is 0 Å². The van der Waals surface area contributed by atoms with Crippen molar-refractivity contribution in [3.05, 3.63) is 23.3 Å². The molecular weight excluding hydrogens is 276 g/mol. The topological polar surface area (TPSA) is 52.6 Å². The quantitative estimate of drug-likeness (QED) is 0.474. The van der Waals surface area contributed by atoms with E-state index in [2.05, 4.69) is 11.8 Å². The van der Waals surface area contributed by atoms with Crippen molar-refractivity contribution in [2.24, 2.45) is 0 Å². The first-order valence-electron chi connectivity index (χ1n) is 5.95. The number of carbonyl (C=O) groups is 2. The monoisotopic (exact) mass is 292 g/mol. The Labute approximate surface area is 122 Å². The van der Waals surface area contributed by atoms with Gasteiger partial charge in [-0.1, -0.05) is 23.6 Å². The largest absolute Gasteiger partial charge is 0.496 e. The second-order valence-corrected chi connectivity index (χ2v) is 5.08. The van der Waals surface area contributed by atoms with Crippen LogP contribution in [0.25, 0.3) is 0 Å². The molecule has 0 heterocycles. The Morgan fingerprint density at radius 2 is 2.00 bits per heavy atom. The van der Waals surface area contributed by atoms with Crippen molar-refractivity contribution in [2.75, 3.05) is 20.0 Å². The van der Waals surface area contributed by atoms with Crippen molar-refractivity contribution >= 4 is 23.2 Å². The van der Waals surface area contributed by atoms with Gasteiger partial charge in [-0.05, 0) is 6.07 Å². The molecule has 0 spiro atoms. The third-order valence-electron chi connectivity index (χ3n) is 2.43. The first kappa shape index (κ1) is 16.1. The highest BCUT2D eigenvalue weighted by Crippen LogP contribution is 2.27. The Morgan fingerprint density at radius 3 is 2.55 bits per heavy atom. The fourth-order valence-corrected chi connectivity index (χ4v) is 2.01. The van der Waals surface area contributed by atoms with Crippen molar-refractivity contribution in [2.45, 2.75) is 13.3 Å². The average Bonchev–Trinajstić information content (AvgIpc) is 2.45. The molecule has 0 saturated carbocycles. The van der Waals surface area contributed by atoms with E-state index in [0.29, 0.717) is 41.1 Å². The Morgan fingerprint density at radius 1 is 1.30 bits per heavy atom. The lowest BCUT2D eigenvalue weighted by molar-refractivity contribution is -0.109. The van der Waals surface area contributed by atoms with E-state index in [9.17, 15) is 9.59 Å². The second kappa shape index (κ2) is 8.28. The number of thioether (sulfide) groups is 1. The van der Waals surface area contributed by atoms with Gasteiger partial charge in [0.1, 0.15) is 11.5 Å². The highest BCUT2D eigenvalue weighted by atomic mass is 32.2. The van der Waals surface area contributed by atoms with Gasteiger partial charge >= 0.3 is 0 Å². The molecule has 0 aliphatic carbocycles. The maximum Gasteiger partial charge on any atom is 0.185 e. The van der Waals surface area contributed by atoms with Crippen LogP contribution in [0.15, 0.2) is 12.1 Å². The minimum absolute atomic E-state index is 0.0846. The van der Waals surface area contributed by atoms with Crippen molar-refractivity contribution in [1.82, 2.24) is 0 Å². The highest BCUT2D eigenvalue weighted by Gasteiger charge is 2.09. The molecule has 0 atom stereocenters. The number of hydrogen-bond donors (Lipinski definition) is 0. The third kappa shape index (κ3) is 4.63. The minimum Gasteiger partial charge on any atom is -0.496 e. The summed E-state index contributed by atoms with van der Waals surface area (Å²) < 4.78 is 10.3. The van der Waals surface area contributed by atoms with Gasteiger partial charge in [0.2, 0.25) is 0 Å². The molecular formula is C15H16O4S. The molecule has 0 N–H and O–H groups in total. The van der Waals surface area contributed by atoms with Gasteiger partial charge in [0.15, 0.2) is 11.4 Å². The predicted octanol–water partition coefficient (Wildman–Crippen LogP) is 2.54. The highest BCUT2D eigenvalue weighted by molar-refractivity contribution is 8.13. The van der Waals surface area contributed by atoms with Crippen LogP contribution in [0.4, 0.5) is 0 Å². The van der Waals surface area contributed by atoms with E-state index in [-0.39, 0.29) is 5.12 Å². The maximum atomic E-state index is 10.9. The number of rotatable bonds is 5. The van der Waals surface area contributed by atoms with Crippen LogP contribution in [0.1, 0.15) is 29.3 Å². The molecule has 0 saturated heterocycles. The molecule has 1 aromatic carbocycles. The molecule has 0 aliphatic heterocycles. The van der Waals surface area contributed by atoms with E-state index in [0.717, 1.165) is 0 Å². The summed E-state index contributed by atoms with van der Waals surface area (Å²) >= 11 is 1.25. The van der Waals surface area contributed by atoms with Gasteiger partial charge in [-0.3, -0.25) is 9.59 Å². The zero-order chi connectivity index (χ0) is 15.0. The van der Waals surface area contributed by atoms with Crippen LogP contribution in [-0.4, -0.2) is 31.4 Å². The van der Waals surface area contributed by atoms with E-state index in [1.54, 1.807) is 12.1 Å². The number of benzene rings is 1. The van der Waals surface area contributed by atoms with Gasteiger partial charge in [-0.25, -0.2) is 0 Å². The lowest BCUT2D eigenvalue weighted by Gasteiger charge is -2.08. The van der Waals surface area contributed by atoms with Crippen LogP contribution in [0.5, 0.6) is 11.5 Å². The molecule has 0 aliphatic rings. The summed E-state index contributed by atoms with van der Waals surface area (Å²) in [6.45, 7) is 1.53. The van der Waals surface area contributed by atoms with Crippen LogP contribution in [-0.2, 0) is 4.79 Å².